The van der Waals surface area contributed by atoms with E-state index in [1.807, 2.05) is 0 Å². The third-order valence-electron chi connectivity index (χ3n) is 4.81. The van der Waals surface area contributed by atoms with E-state index in [-0.39, 0.29) is 24.5 Å². The number of hydrogen-bond donors (Lipinski definition) is 1. The van der Waals surface area contributed by atoms with Gasteiger partial charge in [0.25, 0.3) is 0 Å². The number of carboxylic acids is 1. The van der Waals surface area contributed by atoms with E-state index in [0.717, 1.165) is 24.7 Å². The van der Waals surface area contributed by atoms with Gasteiger partial charge in [-0.2, -0.15) is 0 Å². The van der Waals surface area contributed by atoms with Crippen LogP contribution < -0.4 is 0 Å². The highest BCUT2D eigenvalue weighted by atomic mass is 16.5. The molecule has 3 fully saturated rings. The molecule has 0 bridgehead atoms. The molecule has 1 N–H and O–H groups in total. The van der Waals surface area contributed by atoms with Crippen LogP contribution >= 0.6 is 0 Å². The standard InChI is InChI=1S/C13H19NO4/c1-14(11-6-18-5-10(11)13(16)17)12(15)9-3-7-2-8(7)4-9/h7-11H,2-6H2,1H3,(H,16,17). The smallest absolute Gasteiger partial charge is 0.311 e. The first-order valence-electron chi connectivity index (χ1n) is 6.65. The first kappa shape index (κ1) is 12.0. The molecule has 1 heterocycles. The van der Waals surface area contributed by atoms with Crippen LogP contribution in [0.4, 0.5) is 0 Å². The predicted octanol–water partition coefficient (Wildman–Crippen LogP) is 0.591. The van der Waals surface area contributed by atoms with Gasteiger partial charge in [-0.3, -0.25) is 9.59 Å². The van der Waals surface area contributed by atoms with Crippen molar-refractivity contribution in [3.8, 4) is 0 Å². The highest BCUT2D eigenvalue weighted by Gasteiger charge is 2.50. The Morgan fingerprint density at radius 1 is 1.17 bits per heavy atom. The minimum atomic E-state index is -0.869. The summed E-state index contributed by atoms with van der Waals surface area (Å²) in [6, 6.07) is -0.299. The molecule has 3 aliphatic rings. The molecule has 4 atom stereocenters. The molecule has 1 aliphatic heterocycles. The Morgan fingerprint density at radius 3 is 2.44 bits per heavy atom. The van der Waals surface area contributed by atoms with Gasteiger partial charge in [-0.15, -0.1) is 0 Å². The molecule has 0 aromatic carbocycles. The summed E-state index contributed by atoms with van der Waals surface area (Å²) < 4.78 is 5.22. The number of likely N-dealkylation sites (N-methyl/N-ethyl adjacent to an activating group) is 1. The van der Waals surface area contributed by atoms with E-state index in [1.54, 1.807) is 11.9 Å². The average Bonchev–Trinajstić information content (AvgIpc) is 2.83. The predicted molar refractivity (Wildman–Crippen MR) is 62.8 cm³/mol. The molecule has 0 aromatic rings. The molecule has 5 heteroatoms. The second-order valence-corrected chi connectivity index (χ2v) is 5.92. The summed E-state index contributed by atoms with van der Waals surface area (Å²) in [7, 11) is 1.72. The normalized spacial score (nSPS) is 41.5. The van der Waals surface area contributed by atoms with Crippen LogP contribution in [-0.2, 0) is 14.3 Å². The molecular weight excluding hydrogens is 234 g/mol. The first-order valence-corrected chi connectivity index (χ1v) is 6.65. The van der Waals surface area contributed by atoms with E-state index < -0.39 is 11.9 Å². The average molecular weight is 253 g/mol. The van der Waals surface area contributed by atoms with Gasteiger partial charge < -0.3 is 14.7 Å². The lowest BCUT2D eigenvalue weighted by atomic mass is 9.98. The van der Waals surface area contributed by atoms with E-state index >= 15 is 0 Å². The van der Waals surface area contributed by atoms with Crippen LogP contribution in [0.25, 0.3) is 0 Å². The van der Waals surface area contributed by atoms with E-state index in [2.05, 4.69) is 0 Å². The molecule has 5 nitrogen and oxygen atoms in total. The van der Waals surface area contributed by atoms with Gasteiger partial charge in [0.15, 0.2) is 0 Å². The topological polar surface area (TPSA) is 66.8 Å². The van der Waals surface area contributed by atoms with Crippen molar-refractivity contribution in [1.29, 1.82) is 0 Å². The third-order valence-corrected chi connectivity index (χ3v) is 4.81. The molecule has 2 saturated carbocycles. The Balaban J connectivity index is 1.64. The van der Waals surface area contributed by atoms with Gasteiger partial charge >= 0.3 is 5.97 Å². The van der Waals surface area contributed by atoms with Crippen molar-refractivity contribution in [3.05, 3.63) is 0 Å². The minimum Gasteiger partial charge on any atom is -0.481 e. The molecule has 0 aromatic heterocycles. The van der Waals surface area contributed by atoms with E-state index in [9.17, 15) is 9.59 Å². The lowest BCUT2D eigenvalue weighted by Gasteiger charge is -2.29. The third kappa shape index (κ3) is 1.90. The second kappa shape index (κ2) is 4.23. The number of hydrogen-bond acceptors (Lipinski definition) is 3. The number of rotatable bonds is 3. The first-order chi connectivity index (χ1) is 8.58. The van der Waals surface area contributed by atoms with Crippen molar-refractivity contribution in [3.63, 3.8) is 0 Å². The summed E-state index contributed by atoms with van der Waals surface area (Å²) in [5.41, 5.74) is 0. The van der Waals surface area contributed by atoms with Gasteiger partial charge in [-0.05, 0) is 31.1 Å². The maximum Gasteiger partial charge on any atom is 0.311 e. The van der Waals surface area contributed by atoms with Crippen LogP contribution in [0.2, 0.25) is 0 Å². The summed E-state index contributed by atoms with van der Waals surface area (Å²) in [6.45, 7) is 0.562. The number of carboxylic acid groups (broad SMARTS) is 1. The maximum absolute atomic E-state index is 12.3. The fraction of sp³-hybridized carbons (Fsp3) is 0.846. The zero-order chi connectivity index (χ0) is 12.9. The van der Waals surface area contributed by atoms with E-state index in [4.69, 9.17) is 9.84 Å². The number of ether oxygens (including phenoxy) is 1. The Bertz CT molecular complexity index is 373. The Morgan fingerprint density at radius 2 is 1.83 bits per heavy atom. The summed E-state index contributed by atoms with van der Waals surface area (Å²) >= 11 is 0. The number of amides is 1. The quantitative estimate of drug-likeness (QED) is 0.799. The van der Waals surface area contributed by atoms with Crippen LogP contribution in [0.3, 0.4) is 0 Å². The van der Waals surface area contributed by atoms with Gasteiger partial charge in [0.05, 0.1) is 19.3 Å². The largest absolute Gasteiger partial charge is 0.481 e. The molecular formula is C13H19NO4. The summed E-state index contributed by atoms with van der Waals surface area (Å²) in [5.74, 6) is 0.323. The van der Waals surface area contributed by atoms with Crippen LogP contribution in [0, 0.1) is 23.7 Å². The fourth-order valence-corrected chi connectivity index (χ4v) is 3.53. The number of carbonyl (C=O) groups is 2. The van der Waals surface area contributed by atoms with Crippen molar-refractivity contribution < 1.29 is 19.4 Å². The van der Waals surface area contributed by atoms with Crippen molar-refractivity contribution in [2.45, 2.75) is 25.3 Å². The summed E-state index contributed by atoms with van der Waals surface area (Å²) in [6.07, 6.45) is 3.29. The molecule has 2 aliphatic carbocycles. The maximum atomic E-state index is 12.3. The van der Waals surface area contributed by atoms with E-state index in [1.165, 1.54) is 6.42 Å². The number of nitrogens with zero attached hydrogens (tertiary/aromatic N) is 1. The highest BCUT2D eigenvalue weighted by molar-refractivity contribution is 5.81. The van der Waals surface area contributed by atoms with Crippen LogP contribution in [0.15, 0.2) is 0 Å². The van der Waals surface area contributed by atoms with Gasteiger partial charge in [-0.25, -0.2) is 0 Å². The molecule has 1 saturated heterocycles. The van der Waals surface area contributed by atoms with Crippen molar-refractivity contribution >= 4 is 11.9 Å². The second-order valence-electron chi connectivity index (χ2n) is 5.92. The van der Waals surface area contributed by atoms with Crippen molar-refractivity contribution in [1.82, 2.24) is 4.90 Å². The number of aliphatic carboxylic acids is 1. The SMILES string of the molecule is CN(C(=O)C1CC2CC2C1)C1COCC1C(=O)O. The Labute approximate surface area is 106 Å². The zero-order valence-electron chi connectivity index (χ0n) is 10.5. The zero-order valence-corrected chi connectivity index (χ0v) is 10.5. The molecule has 1 amide bonds. The Kier molecular flexibility index (Phi) is 2.81. The van der Waals surface area contributed by atoms with Crippen LogP contribution in [-0.4, -0.2) is 48.2 Å². The van der Waals surface area contributed by atoms with Gasteiger partial charge in [0, 0.05) is 13.0 Å². The molecule has 0 spiro atoms. The number of fused-ring (bicyclic) bond motifs is 1. The minimum absolute atomic E-state index is 0.115. The molecule has 100 valence electrons. The van der Waals surface area contributed by atoms with E-state index in [0.29, 0.717) is 6.61 Å². The number of carbonyl (C=O) groups excluding carboxylic acids is 1. The van der Waals surface area contributed by atoms with Gasteiger partial charge in [0.1, 0.15) is 5.92 Å². The van der Waals surface area contributed by atoms with Gasteiger partial charge in [-0.1, -0.05) is 0 Å². The molecule has 4 unspecified atom stereocenters. The Hall–Kier alpha value is -1.10. The molecule has 3 rings (SSSR count). The van der Waals surface area contributed by atoms with Crippen molar-refractivity contribution in [2.75, 3.05) is 20.3 Å². The molecule has 18 heavy (non-hydrogen) atoms. The van der Waals surface area contributed by atoms with Crippen molar-refractivity contribution in [2.24, 2.45) is 23.7 Å². The summed E-state index contributed by atoms with van der Waals surface area (Å²) in [5, 5.41) is 9.11. The van der Waals surface area contributed by atoms with Gasteiger partial charge in [0.2, 0.25) is 5.91 Å². The van der Waals surface area contributed by atoms with Crippen LogP contribution in [0.1, 0.15) is 19.3 Å². The summed E-state index contributed by atoms with van der Waals surface area (Å²) in [4.78, 5) is 25.1. The monoisotopic (exact) mass is 253 g/mol. The lowest BCUT2D eigenvalue weighted by molar-refractivity contribution is -0.145. The van der Waals surface area contributed by atoms with Crippen LogP contribution in [0.5, 0.6) is 0 Å². The lowest BCUT2D eigenvalue weighted by Crippen LogP contribution is -2.46. The fourth-order valence-electron chi connectivity index (χ4n) is 3.53. The molecule has 0 radical (unpaired) electrons. The highest BCUT2D eigenvalue weighted by Crippen LogP contribution is 2.54.